The predicted molar refractivity (Wildman–Crippen MR) is 78.7 cm³/mol. The lowest BCUT2D eigenvalue weighted by Crippen LogP contribution is -2.15. The number of nitrogens with one attached hydrogen (secondary N) is 1. The molecule has 0 unspecified atom stereocenters. The third kappa shape index (κ3) is 2.46. The minimum Gasteiger partial charge on any atom is -0.326 e. The van der Waals surface area contributed by atoms with Gasteiger partial charge in [0.25, 0.3) is 0 Å². The van der Waals surface area contributed by atoms with Crippen LogP contribution in [0.15, 0.2) is 24.4 Å². The summed E-state index contributed by atoms with van der Waals surface area (Å²) >= 11 is 0. The standard InChI is InChI=1S/C16H19N3O/c1-11-14(10-17-19(11)2)9-16(20)18-15-7-6-12-4-3-5-13(12)8-15/h6-8,10H,3-5,9H2,1-2H3,(H,18,20). The van der Waals surface area contributed by atoms with Gasteiger partial charge in [-0.25, -0.2) is 0 Å². The number of carbonyl (C=O) groups is 1. The number of aryl methyl sites for hydroxylation is 3. The van der Waals surface area contributed by atoms with Gasteiger partial charge in [0.2, 0.25) is 5.91 Å². The van der Waals surface area contributed by atoms with Gasteiger partial charge >= 0.3 is 0 Å². The van der Waals surface area contributed by atoms with E-state index in [1.54, 1.807) is 10.9 Å². The smallest absolute Gasteiger partial charge is 0.228 e. The minimum atomic E-state index is 0.0130. The van der Waals surface area contributed by atoms with E-state index in [1.165, 1.54) is 24.0 Å². The Morgan fingerprint density at radius 2 is 2.15 bits per heavy atom. The summed E-state index contributed by atoms with van der Waals surface area (Å²) in [6.45, 7) is 1.98. The molecule has 0 bridgehead atoms. The number of carbonyl (C=O) groups excluding carboxylic acids is 1. The highest BCUT2D eigenvalue weighted by Gasteiger charge is 2.13. The number of fused-ring (bicyclic) bond motifs is 1. The number of amides is 1. The monoisotopic (exact) mass is 269 g/mol. The van der Waals surface area contributed by atoms with Crippen LogP contribution in [0.25, 0.3) is 0 Å². The summed E-state index contributed by atoms with van der Waals surface area (Å²) in [7, 11) is 1.89. The van der Waals surface area contributed by atoms with E-state index >= 15 is 0 Å². The molecule has 4 heteroatoms. The molecule has 3 rings (SSSR count). The SMILES string of the molecule is Cc1c(CC(=O)Nc2ccc3c(c2)CCC3)cnn1C. The normalized spacial score (nSPS) is 13.3. The van der Waals surface area contributed by atoms with Crippen LogP contribution in [0.1, 0.15) is 28.8 Å². The van der Waals surface area contributed by atoms with E-state index in [9.17, 15) is 4.79 Å². The van der Waals surface area contributed by atoms with Gasteiger partial charge in [0, 0.05) is 24.0 Å². The molecule has 1 amide bonds. The van der Waals surface area contributed by atoms with Crippen LogP contribution in [0.4, 0.5) is 5.69 Å². The molecule has 2 aromatic rings. The fourth-order valence-electron chi connectivity index (χ4n) is 2.75. The van der Waals surface area contributed by atoms with Gasteiger partial charge < -0.3 is 5.32 Å². The Balaban J connectivity index is 1.68. The van der Waals surface area contributed by atoms with E-state index in [1.807, 2.05) is 20.0 Å². The quantitative estimate of drug-likeness (QED) is 0.930. The molecule has 0 atom stereocenters. The summed E-state index contributed by atoms with van der Waals surface area (Å²) in [6, 6.07) is 6.24. The second kappa shape index (κ2) is 5.12. The number of benzene rings is 1. The first-order chi connectivity index (χ1) is 9.63. The van der Waals surface area contributed by atoms with Crippen molar-refractivity contribution in [1.29, 1.82) is 0 Å². The molecule has 0 spiro atoms. The number of aromatic nitrogens is 2. The third-order valence-electron chi connectivity index (χ3n) is 4.07. The van der Waals surface area contributed by atoms with Crippen LogP contribution in [-0.2, 0) is 31.1 Å². The first-order valence-corrected chi connectivity index (χ1v) is 7.02. The summed E-state index contributed by atoms with van der Waals surface area (Å²) in [4.78, 5) is 12.1. The summed E-state index contributed by atoms with van der Waals surface area (Å²) in [5.74, 6) is 0.0130. The molecule has 1 aromatic carbocycles. The molecule has 20 heavy (non-hydrogen) atoms. The highest BCUT2D eigenvalue weighted by molar-refractivity contribution is 5.92. The molecule has 4 nitrogen and oxygen atoms in total. The van der Waals surface area contributed by atoms with Crippen molar-refractivity contribution in [3.63, 3.8) is 0 Å². The Morgan fingerprint density at radius 1 is 1.35 bits per heavy atom. The number of anilines is 1. The van der Waals surface area contributed by atoms with Crippen LogP contribution < -0.4 is 5.32 Å². The Morgan fingerprint density at radius 3 is 2.90 bits per heavy atom. The van der Waals surface area contributed by atoms with Crippen LogP contribution in [0, 0.1) is 6.92 Å². The van der Waals surface area contributed by atoms with E-state index in [0.717, 1.165) is 23.4 Å². The van der Waals surface area contributed by atoms with Crippen LogP contribution in [-0.4, -0.2) is 15.7 Å². The summed E-state index contributed by atoms with van der Waals surface area (Å²) in [5, 5.41) is 7.14. The first-order valence-electron chi connectivity index (χ1n) is 7.02. The van der Waals surface area contributed by atoms with Gasteiger partial charge in [-0.3, -0.25) is 9.48 Å². The topological polar surface area (TPSA) is 46.9 Å². The Labute approximate surface area is 118 Å². The molecule has 0 fully saturated rings. The fourth-order valence-corrected chi connectivity index (χ4v) is 2.75. The number of nitrogens with zero attached hydrogens (tertiary/aromatic N) is 2. The van der Waals surface area contributed by atoms with Crippen LogP contribution in [0.5, 0.6) is 0 Å². The van der Waals surface area contributed by atoms with Crippen molar-refractivity contribution >= 4 is 11.6 Å². The summed E-state index contributed by atoms with van der Waals surface area (Å²) < 4.78 is 1.79. The lowest BCUT2D eigenvalue weighted by Gasteiger charge is -2.07. The maximum absolute atomic E-state index is 12.1. The highest BCUT2D eigenvalue weighted by Crippen LogP contribution is 2.25. The van der Waals surface area contributed by atoms with E-state index in [-0.39, 0.29) is 5.91 Å². The molecular formula is C16H19N3O. The molecule has 1 heterocycles. The lowest BCUT2D eigenvalue weighted by atomic mass is 10.1. The number of hydrogen-bond donors (Lipinski definition) is 1. The van der Waals surface area contributed by atoms with Crippen molar-refractivity contribution in [3.8, 4) is 0 Å². The zero-order valence-electron chi connectivity index (χ0n) is 11.9. The van der Waals surface area contributed by atoms with Crippen LogP contribution in [0.3, 0.4) is 0 Å². The van der Waals surface area contributed by atoms with Crippen molar-refractivity contribution in [2.24, 2.45) is 7.05 Å². The van der Waals surface area contributed by atoms with Crippen LogP contribution >= 0.6 is 0 Å². The van der Waals surface area contributed by atoms with E-state index in [2.05, 4.69) is 22.5 Å². The second-order valence-electron chi connectivity index (χ2n) is 5.44. The van der Waals surface area contributed by atoms with E-state index in [4.69, 9.17) is 0 Å². The lowest BCUT2D eigenvalue weighted by molar-refractivity contribution is -0.115. The van der Waals surface area contributed by atoms with E-state index in [0.29, 0.717) is 6.42 Å². The summed E-state index contributed by atoms with van der Waals surface area (Å²) in [5.41, 5.74) is 5.71. The van der Waals surface area contributed by atoms with Gasteiger partial charge in [0.1, 0.15) is 0 Å². The molecule has 1 N–H and O–H groups in total. The van der Waals surface area contributed by atoms with Gasteiger partial charge in [-0.05, 0) is 49.4 Å². The fraction of sp³-hybridized carbons (Fsp3) is 0.375. The largest absolute Gasteiger partial charge is 0.326 e. The molecule has 0 radical (unpaired) electrons. The second-order valence-corrected chi connectivity index (χ2v) is 5.44. The van der Waals surface area contributed by atoms with Crippen LogP contribution in [0.2, 0.25) is 0 Å². The molecule has 104 valence electrons. The molecule has 1 aliphatic rings. The first kappa shape index (κ1) is 12.9. The maximum atomic E-state index is 12.1. The Bertz CT molecular complexity index is 658. The molecule has 0 saturated heterocycles. The predicted octanol–water partition coefficient (Wildman–Crippen LogP) is 2.40. The van der Waals surface area contributed by atoms with Crippen molar-refractivity contribution in [2.45, 2.75) is 32.6 Å². The van der Waals surface area contributed by atoms with Gasteiger partial charge in [-0.1, -0.05) is 6.07 Å². The molecular weight excluding hydrogens is 250 g/mol. The Hall–Kier alpha value is -2.10. The average Bonchev–Trinajstić information content (AvgIpc) is 3.00. The molecule has 1 aromatic heterocycles. The average molecular weight is 269 g/mol. The van der Waals surface area contributed by atoms with Crippen molar-refractivity contribution < 1.29 is 4.79 Å². The highest BCUT2D eigenvalue weighted by atomic mass is 16.1. The van der Waals surface area contributed by atoms with Crippen molar-refractivity contribution in [3.05, 3.63) is 46.8 Å². The zero-order chi connectivity index (χ0) is 14.1. The van der Waals surface area contributed by atoms with Gasteiger partial charge in [-0.2, -0.15) is 5.10 Å². The number of hydrogen-bond acceptors (Lipinski definition) is 2. The molecule has 0 saturated carbocycles. The van der Waals surface area contributed by atoms with Gasteiger partial charge in [0.05, 0.1) is 12.6 Å². The zero-order valence-corrected chi connectivity index (χ0v) is 11.9. The minimum absolute atomic E-state index is 0.0130. The van der Waals surface area contributed by atoms with Gasteiger partial charge in [-0.15, -0.1) is 0 Å². The van der Waals surface area contributed by atoms with Crippen molar-refractivity contribution in [1.82, 2.24) is 9.78 Å². The van der Waals surface area contributed by atoms with Gasteiger partial charge in [0.15, 0.2) is 0 Å². The Kier molecular flexibility index (Phi) is 3.30. The van der Waals surface area contributed by atoms with Crippen molar-refractivity contribution in [2.75, 3.05) is 5.32 Å². The maximum Gasteiger partial charge on any atom is 0.228 e. The molecule has 1 aliphatic carbocycles. The third-order valence-corrected chi connectivity index (χ3v) is 4.07. The van der Waals surface area contributed by atoms with E-state index < -0.39 is 0 Å². The summed E-state index contributed by atoms with van der Waals surface area (Å²) in [6.07, 6.45) is 5.65. The number of rotatable bonds is 3. The molecule has 0 aliphatic heterocycles.